The van der Waals surface area contributed by atoms with Gasteiger partial charge in [-0.15, -0.1) is 0 Å². The second-order valence-corrected chi connectivity index (χ2v) is 9.99. The first kappa shape index (κ1) is 31.9. The van der Waals surface area contributed by atoms with Crippen molar-refractivity contribution in [3.05, 3.63) is 120 Å². The highest BCUT2D eigenvalue weighted by atomic mass is 16.5. The summed E-state index contributed by atoms with van der Waals surface area (Å²) in [6, 6.07) is 33.4. The molecule has 44 heavy (non-hydrogen) atoms. The van der Waals surface area contributed by atoms with Gasteiger partial charge in [-0.3, -0.25) is 9.59 Å². The summed E-state index contributed by atoms with van der Waals surface area (Å²) in [7, 11) is 0. The molecule has 0 atom stereocenters. The van der Waals surface area contributed by atoms with Crippen molar-refractivity contribution in [2.45, 2.75) is 25.7 Å². The van der Waals surface area contributed by atoms with Crippen molar-refractivity contribution < 1.29 is 28.5 Å². The van der Waals surface area contributed by atoms with Crippen molar-refractivity contribution in [3.8, 4) is 23.0 Å². The van der Waals surface area contributed by atoms with Gasteiger partial charge in [-0.2, -0.15) is 0 Å². The molecule has 0 aliphatic carbocycles. The van der Waals surface area contributed by atoms with E-state index in [1.165, 1.54) is 0 Å². The maximum Gasteiger partial charge on any atom is 0.251 e. The van der Waals surface area contributed by atoms with Crippen LogP contribution >= 0.6 is 0 Å². The van der Waals surface area contributed by atoms with E-state index in [9.17, 15) is 9.59 Å². The van der Waals surface area contributed by atoms with Gasteiger partial charge in [0.2, 0.25) is 0 Å². The maximum atomic E-state index is 12.4. The Balaban J connectivity index is 0.992. The van der Waals surface area contributed by atoms with Gasteiger partial charge in [0, 0.05) is 24.2 Å². The zero-order valence-corrected chi connectivity index (χ0v) is 24.9. The van der Waals surface area contributed by atoms with E-state index in [1.54, 1.807) is 48.5 Å². The smallest absolute Gasteiger partial charge is 0.251 e. The van der Waals surface area contributed by atoms with Crippen LogP contribution in [0.3, 0.4) is 0 Å². The molecular formula is C36H40N2O6. The Kier molecular flexibility index (Phi) is 13.5. The molecule has 0 saturated carbocycles. The summed E-state index contributed by atoms with van der Waals surface area (Å²) < 4.78 is 22.6. The van der Waals surface area contributed by atoms with Crippen LogP contribution in [-0.4, -0.2) is 51.3 Å². The molecule has 0 aliphatic rings. The van der Waals surface area contributed by atoms with Gasteiger partial charge in [-0.05, 0) is 85.6 Å². The number of rotatable bonds is 19. The molecule has 8 nitrogen and oxygen atoms in total. The third-order valence-electron chi connectivity index (χ3n) is 6.64. The monoisotopic (exact) mass is 596 g/mol. The standard InChI is InChI=1S/C36H40N2O6/c39-35(29-15-19-33(20-16-29)43-27-25-41-31-11-5-3-6-12-31)37-23-9-1-2-10-24-38-36(40)30-17-21-34(22-18-30)44-28-26-42-32-13-7-4-8-14-32/h3-8,11-22H,1-2,9-10,23-28H2,(H,37,39)(H,38,40). The SMILES string of the molecule is O=C(NCCCCCCNC(=O)c1ccc(OCCOc2ccccc2)cc1)c1ccc(OCCOc2ccccc2)cc1. The molecule has 0 aromatic heterocycles. The fourth-order valence-electron chi connectivity index (χ4n) is 4.29. The minimum absolute atomic E-state index is 0.104. The van der Waals surface area contributed by atoms with Crippen molar-refractivity contribution >= 4 is 11.8 Å². The lowest BCUT2D eigenvalue weighted by Crippen LogP contribution is -2.25. The van der Waals surface area contributed by atoms with E-state index in [0.717, 1.165) is 37.2 Å². The normalized spacial score (nSPS) is 10.5. The number of carbonyl (C=O) groups is 2. The van der Waals surface area contributed by atoms with E-state index in [-0.39, 0.29) is 11.8 Å². The third kappa shape index (κ3) is 11.7. The number of para-hydroxylation sites is 2. The van der Waals surface area contributed by atoms with Gasteiger partial charge in [0.05, 0.1) is 0 Å². The molecule has 0 aliphatic heterocycles. The lowest BCUT2D eigenvalue weighted by molar-refractivity contribution is 0.0943. The number of amides is 2. The molecule has 2 amide bonds. The van der Waals surface area contributed by atoms with Crippen LogP contribution in [0.2, 0.25) is 0 Å². The first-order valence-corrected chi connectivity index (χ1v) is 15.1. The topological polar surface area (TPSA) is 95.1 Å². The summed E-state index contributed by atoms with van der Waals surface area (Å²) in [4.78, 5) is 24.9. The van der Waals surface area contributed by atoms with Crippen LogP contribution in [0.1, 0.15) is 46.4 Å². The molecule has 4 rings (SSSR count). The zero-order chi connectivity index (χ0) is 30.7. The van der Waals surface area contributed by atoms with Gasteiger partial charge in [0.15, 0.2) is 0 Å². The van der Waals surface area contributed by atoms with Crippen molar-refractivity contribution in [1.29, 1.82) is 0 Å². The molecule has 2 N–H and O–H groups in total. The third-order valence-corrected chi connectivity index (χ3v) is 6.64. The second kappa shape index (κ2) is 18.5. The van der Waals surface area contributed by atoms with E-state index in [1.807, 2.05) is 60.7 Å². The Morgan fingerprint density at radius 2 is 0.727 bits per heavy atom. The molecule has 0 fully saturated rings. The average Bonchev–Trinajstić information content (AvgIpc) is 3.07. The summed E-state index contributed by atoms with van der Waals surface area (Å²) in [6.07, 6.45) is 3.68. The quantitative estimate of drug-likeness (QED) is 0.123. The number of nitrogens with one attached hydrogen (secondary N) is 2. The zero-order valence-electron chi connectivity index (χ0n) is 24.9. The highest BCUT2D eigenvalue weighted by molar-refractivity contribution is 5.94. The highest BCUT2D eigenvalue weighted by Crippen LogP contribution is 2.15. The molecular weight excluding hydrogens is 556 g/mol. The van der Waals surface area contributed by atoms with Gasteiger partial charge >= 0.3 is 0 Å². The van der Waals surface area contributed by atoms with Crippen molar-refractivity contribution in [2.75, 3.05) is 39.5 Å². The maximum absolute atomic E-state index is 12.4. The molecule has 0 radical (unpaired) electrons. The van der Waals surface area contributed by atoms with E-state index in [2.05, 4.69) is 10.6 Å². The van der Waals surface area contributed by atoms with Crippen molar-refractivity contribution in [1.82, 2.24) is 10.6 Å². The Bertz CT molecular complexity index is 1270. The first-order chi connectivity index (χ1) is 21.7. The van der Waals surface area contributed by atoms with Crippen molar-refractivity contribution in [2.24, 2.45) is 0 Å². The van der Waals surface area contributed by atoms with Crippen LogP contribution in [0.25, 0.3) is 0 Å². The summed E-state index contributed by atoms with van der Waals surface area (Å²) in [5.41, 5.74) is 1.19. The van der Waals surface area contributed by atoms with Gasteiger partial charge in [-0.25, -0.2) is 0 Å². The average molecular weight is 597 g/mol. The molecule has 0 unspecified atom stereocenters. The second-order valence-electron chi connectivity index (χ2n) is 9.99. The largest absolute Gasteiger partial charge is 0.490 e. The number of ether oxygens (including phenoxy) is 4. The van der Waals surface area contributed by atoms with Gasteiger partial charge in [0.1, 0.15) is 49.4 Å². The fraction of sp³-hybridized carbons (Fsp3) is 0.278. The van der Waals surface area contributed by atoms with E-state index >= 15 is 0 Å². The van der Waals surface area contributed by atoms with Crippen molar-refractivity contribution in [3.63, 3.8) is 0 Å². The predicted octanol–water partition coefficient (Wildman–Crippen LogP) is 6.32. The molecule has 8 heteroatoms. The van der Waals surface area contributed by atoms with Crippen LogP contribution in [0.15, 0.2) is 109 Å². The van der Waals surface area contributed by atoms with Crippen LogP contribution in [0, 0.1) is 0 Å². The van der Waals surface area contributed by atoms with Gasteiger partial charge in [0.25, 0.3) is 11.8 Å². The Morgan fingerprint density at radius 3 is 1.07 bits per heavy atom. The van der Waals surface area contributed by atoms with E-state index in [4.69, 9.17) is 18.9 Å². The van der Waals surface area contributed by atoms with E-state index in [0.29, 0.717) is 62.1 Å². The number of unbranched alkanes of at least 4 members (excludes halogenated alkanes) is 3. The van der Waals surface area contributed by atoms with Crippen LogP contribution in [0.4, 0.5) is 0 Å². The molecule has 4 aromatic rings. The van der Waals surface area contributed by atoms with Crippen LogP contribution in [0.5, 0.6) is 23.0 Å². The predicted molar refractivity (Wildman–Crippen MR) is 171 cm³/mol. The summed E-state index contributed by atoms with van der Waals surface area (Å²) in [6.45, 7) is 2.92. The number of benzene rings is 4. The first-order valence-electron chi connectivity index (χ1n) is 15.1. The Hall–Kier alpha value is -4.98. The molecule has 0 bridgehead atoms. The molecule has 4 aromatic carbocycles. The van der Waals surface area contributed by atoms with Gasteiger partial charge in [-0.1, -0.05) is 49.2 Å². The molecule has 0 saturated heterocycles. The molecule has 0 spiro atoms. The number of carbonyl (C=O) groups excluding carboxylic acids is 2. The number of hydrogen-bond acceptors (Lipinski definition) is 6. The minimum atomic E-state index is -0.104. The molecule has 230 valence electrons. The summed E-state index contributed by atoms with van der Waals surface area (Å²) in [5.74, 6) is 2.79. The van der Waals surface area contributed by atoms with E-state index < -0.39 is 0 Å². The highest BCUT2D eigenvalue weighted by Gasteiger charge is 2.07. The number of hydrogen-bond donors (Lipinski definition) is 2. The Labute approximate surface area is 259 Å². The lowest BCUT2D eigenvalue weighted by atomic mass is 10.1. The summed E-state index contributed by atoms with van der Waals surface area (Å²) >= 11 is 0. The Morgan fingerprint density at radius 1 is 0.409 bits per heavy atom. The van der Waals surface area contributed by atoms with Crippen LogP contribution < -0.4 is 29.6 Å². The van der Waals surface area contributed by atoms with Crippen LogP contribution in [-0.2, 0) is 0 Å². The lowest BCUT2D eigenvalue weighted by Gasteiger charge is -2.10. The fourth-order valence-corrected chi connectivity index (χ4v) is 4.29. The minimum Gasteiger partial charge on any atom is -0.490 e. The van der Waals surface area contributed by atoms with Gasteiger partial charge < -0.3 is 29.6 Å². The molecule has 0 heterocycles. The summed E-state index contributed by atoms with van der Waals surface area (Å²) in [5, 5.41) is 5.92.